The van der Waals surface area contributed by atoms with Crippen molar-refractivity contribution in [2.24, 2.45) is 0 Å². The van der Waals surface area contributed by atoms with Crippen molar-refractivity contribution in [3.63, 3.8) is 0 Å². The van der Waals surface area contributed by atoms with Gasteiger partial charge in [-0.05, 0) is 30.3 Å². The summed E-state index contributed by atoms with van der Waals surface area (Å²) in [5.74, 6) is 0. The molecule has 18 heavy (non-hydrogen) atoms. The van der Waals surface area contributed by atoms with Crippen LogP contribution in [0, 0.1) is 11.3 Å². The van der Waals surface area contributed by atoms with Gasteiger partial charge in [-0.1, -0.05) is 6.07 Å². The Morgan fingerprint density at radius 2 is 2.00 bits per heavy atom. The Morgan fingerprint density at radius 1 is 1.28 bits per heavy atom. The molecule has 0 saturated heterocycles. The molecule has 0 fully saturated rings. The zero-order valence-corrected chi connectivity index (χ0v) is 10.2. The zero-order valence-electron chi connectivity index (χ0n) is 10.2. The van der Waals surface area contributed by atoms with Crippen LogP contribution in [0.1, 0.15) is 11.3 Å². The molecule has 1 heterocycles. The molecule has 0 radical (unpaired) electrons. The minimum absolute atomic E-state index is 0.472. The first kappa shape index (κ1) is 11.9. The minimum atomic E-state index is 0.472. The summed E-state index contributed by atoms with van der Waals surface area (Å²) in [6, 6.07) is 13.5. The summed E-state index contributed by atoms with van der Waals surface area (Å²) < 4.78 is 0. The molecular weight excluding hydrogens is 224 g/mol. The molecule has 4 nitrogen and oxygen atoms in total. The molecule has 0 spiro atoms. The summed E-state index contributed by atoms with van der Waals surface area (Å²) in [5, 5.41) is 8.99. The van der Waals surface area contributed by atoms with Crippen LogP contribution in [-0.2, 0) is 6.54 Å². The Hall–Kier alpha value is -2.54. The van der Waals surface area contributed by atoms with E-state index in [-0.39, 0.29) is 0 Å². The van der Waals surface area contributed by atoms with Crippen molar-refractivity contribution in [1.29, 1.82) is 5.26 Å². The van der Waals surface area contributed by atoms with Crippen molar-refractivity contribution >= 4 is 11.4 Å². The molecule has 0 unspecified atom stereocenters. The van der Waals surface area contributed by atoms with Crippen molar-refractivity contribution in [1.82, 2.24) is 4.98 Å². The zero-order chi connectivity index (χ0) is 13.0. The number of benzene rings is 1. The van der Waals surface area contributed by atoms with Gasteiger partial charge in [0.2, 0.25) is 0 Å². The van der Waals surface area contributed by atoms with E-state index < -0.39 is 0 Å². The average molecular weight is 238 g/mol. The lowest BCUT2D eigenvalue weighted by Crippen LogP contribution is -2.17. The van der Waals surface area contributed by atoms with Crippen molar-refractivity contribution in [3.8, 4) is 6.07 Å². The van der Waals surface area contributed by atoms with Crippen LogP contribution in [0.25, 0.3) is 0 Å². The van der Waals surface area contributed by atoms with E-state index in [1.165, 1.54) is 0 Å². The van der Waals surface area contributed by atoms with Gasteiger partial charge in [0.15, 0.2) is 0 Å². The third-order valence-electron chi connectivity index (χ3n) is 2.74. The maximum absolute atomic E-state index is 8.99. The first-order valence-corrected chi connectivity index (χ1v) is 5.61. The van der Waals surface area contributed by atoms with E-state index in [0.29, 0.717) is 12.2 Å². The third-order valence-corrected chi connectivity index (χ3v) is 2.74. The number of pyridine rings is 1. The lowest BCUT2D eigenvalue weighted by atomic mass is 10.2. The van der Waals surface area contributed by atoms with Crippen LogP contribution in [0.2, 0.25) is 0 Å². The second-order valence-electron chi connectivity index (χ2n) is 4.07. The maximum Gasteiger partial charge on any atom is 0.145 e. The number of rotatable bonds is 3. The van der Waals surface area contributed by atoms with E-state index in [4.69, 9.17) is 11.0 Å². The van der Waals surface area contributed by atoms with Crippen molar-refractivity contribution in [2.75, 3.05) is 17.7 Å². The number of aromatic nitrogens is 1. The predicted molar refractivity (Wildman–Crippen MR) is 71.9 cm³/mol. The van der Waals surface area contributed by atoms with E-state index in [1.54, 1.807) is 6.20 Å². The molecule has 2 rings (SSSR count). The summed E-state index contributed by atoms with van der Waals surface area (Å²) in [6.07, 6.45) is 1.63. The summed E-state index contributed by atoms with van der Waals surface area (Å²) in [6.45, 7) is 0.640. The molecule has 0 aliphatic rings. The van der Waals surface area contributed by atoms with Gasteiger partial charge < -0.3 is 10.6 Å². The monoisotopic (exact) mass is 238 g/mol. The minimum Gasteiger partial charge on any atom is -0.399 e. The first-order chi connectivity index (χ1) is 8.70. The van der Waals surface area contributed by atoms with Crippen molar-refractivity contribution < 1.29 is 0 Å². The topological polar surface area (TPSA) is 65.9 Å². The van der Waals surface area contributed by atoms with Crippen LogP contribution in [0.15, 0.2) is 42.6 Å². The van der Waals surface area contributed by atoms with Gasteiger partial charge in [-0.2, -0.15) is 5.26 Å². The second kappa shape index (κ2) is 5.19. The molecular formula is C14H14N4. The molecule has 0 aliphatic heterocycles. The molecule has 4 heteroatoms. The molecule has 0 aliphatic carbocycles. The van der Waals surface area contributed by atoms with Gasteiger partial charge in [0.1, 0.15) is 11.8 Å². The number of nitriles is 1. The standard InChI is InChI=1S/C14H14N4/c1-18(13-6-4-12(16)5-7-13)10-11-3-2-8-17-14(11)9-15/h2-8H,10,16H2,1H3. The van der Waals surface area contributed by atoms with Crippen LogP contribution in [0.3, 0.4) is 0 Å². The van der Waals surface area contributed by atoms with Crippen LogP contribution >= 0.6 is 0 Å². The number of anilines is 2. The van der Waals surface area contributed by atoms with E-state index in [9.17, 15) is 0 Å². The third kappa shape index (κ3) is 2.58. The van der Waals surface area contributed by atoms with Gasteiger partial charge >= 0.3 is 0 Å². The fourth-order valence-corrected chi connectivity index (χ4v) is 1.74. The number of nitrogens with two attached hydrogens (primary N) is 1. The average Bonchev–Trinajstić information content (AvgIpc) is 2.40. The number of hydrogen-bond acceptors (Lipinski definition) is 4. The molecule has 1 aromatic carbocycles. The van der Waals surface area contributed by atoms with Gasteiger partial charge in [0, 0.05) is 36.7 Å². The van der Waals surface area contributed by atoms with Crippen molar-refractivity contribution in [2.45, 2.75) is 6.54 Å². The molecule has 0 atom stereocenters. The van der Waals surface area contributed by atoms with Crippen LogP contribution in [0.4, 0.5) is 11.4 Å². The number of nitrogens with zero attached hydrogens (tertiary/aromatic N) is 3. The lowest BCUT2D eigenvalue weighted by Gasteiger charge is -2.19. The normalized spacial score (nSPS) is 9.78. The highest BCUT2D eigenvalue weighted by atomic mass is 15.1. The molecule has 2 N–H and O–H groups in total. The molecule has 0 bridgehead atoms. The number of nitrogen functional groups attached to an aromatic ring is 1. The quantitative estimate of drug-likeness (QED) is 0.832. The Bertz CT molecular complexity index is 569. The van der Waals surface area contributed by atoms with Gasteiger partial charge in [-0.3, -0.25) is 0 Å². The van der Waals surface area contributed by atoms with Crippen LogP contribution < -0.4 is 10.6 Å². The van der Waals surface area contributed by atoms with Crippen molar-refractivity contribution in [3.05, 3.63) is 53.9 Å². The predicted octanol–water partition coefficient (Wildman–Crippen LogP) is 2.17. The fourth-order valence-electron chi connectivity index (χ4n) is 1.74. The Balaban J connectivity index is 2.19. The largest absolute Gasteiger partial charge is 0.399 e. The summed E-state index contributed by atoms with van der Waals surface area (Å²) in [4.78, 5) is 6.10. The van der Waals surface area contributed by atoms with Crippen LogP contribution in [0.5, 0.6) is 0 Å². The van der Waals surface area contributed by atoms with E-state index in [1.807, 2.05) is 43.4 Å². The van der Waals surface area contributed by atoms with E-state index in [2.05, 4.69) is 16.0 Å². The summed E-state index contributed by atoms with van der Waals surface area (Å²) in [7, 11) is 1.97. The van der Waals surface area contributed by atoms with Gasteiger partial charge in [0.05, 0.1) is 0 Å². The number of hydrogen-bond donors (Lipinski definition) is 1. The Morgan fingerprint density at radius 3 is 2.67 bits per heavy atom. The highest BCUT2D eigenvalue weighted by Crippen LogP contribution is 2.17. The van der Waals surface area contributed by atoms with Gasteiger partial charge in [-0.25, -0.2) is 4.98 Å². The molecule has 0 amide bonds. The molecule has 1 aromatic heterocycles. The summed E-state index contributed by atoms with van der Waals surface area (Å²) >= 11 is 0. The molecule has 90 valence electrons. The van der Waals surface area contributed by atoms with Gasteiger partial charge in [-0.15, -0.1) is 0 Å². The SMILES string of the molecule is CN(Cc1cccnc1C#N)c1ccc(N)cc1. The maximum atomic E-state index is 8.99. The lowest BCUT2D eigenvalue weighted by molar-refractivity contribution is 0.910. The highest BCUT2D eigenvalue weighted by molar-refractivity contribution is 5.53. The van der Waals surface area contributed by atoms with E-state index in [0.717, 1.165) is 16.9 Å². The fraction of sp³-hybridized carbons (Fsp3) is 0.143. The smallest absolute Gasteiger partial charge is 0.145 e. The highest BCUT2D eigenvalue weighted by Gasteiger charge is 2.06. The Kier molecular flexibility index (Phi) is 3.44. The first-order valence-electron chi connectivity index (χ1n) is 5.61. The molecule has 0 saturated carbocycles. The van der Waals surface area contributed by atoms with Gasteiger partial charge in [0.25, 0.3) is 0 Å². The van der Waals surface area contributed by atoms with Crippen LogP contribution in [-0.4, -0.2) is 12.0 Å². The second-order valence-corrected chi connectivity index (χ2v) is 4.07. The van der Waals surface area contributed by atoms with E-state index >= 15 is 0 Å². The molecule has 2 aromatic rings. The summed E-state index contributed by atoms with van der Waals surface area (Å²) in [5.41, 5.74) is 8.84. The Labute approximate surface area is 106 Å².